The minimum absolute atomic E-state index is 0.738. The summed E-state index contributed by atoms with van der Waals surface area (Å²) in [5.41, 5.74) is 9.56. The van der Waals surface area contributed by atoms with E-state index in [1.807, 2.05) is 53.2 Å². The van der Waals surface area contributed by atoms with Gasteiger partial charge in [0.25, 0.3) is 0 Å². The Bertz CT molecular complexity index is 877. The molecular formula is C16H12N4S. The number of benzene rings is 2. The van der Waals surface area contributed by atoms with Crippen molar-refractivity contribution in [1.82, 2.24) is 14.6 Å². The van der Waals surface area contributed by atoms with Crippen LogP contribution in [0.1, 0.15) is 0 Å². The first-order chi connectivity index (χ1) is 10.3. The van der Waals surface area contributed by atoms with Gasteiger partial charge in [-0.2, -0.15) is 5.10 Å². The fourth-order valence-electron chi connectivity index (χ4n) is 2.23. The lowest BCUT2D eigenvalue weighted by molar-refractivity contribution is 0.978. The van der Waals surface area contributed by atoms with E-state index in [9.17, 15) is 0 Å². The smallest absolute Gasteiger partial charge is 0.213 e. The quantitative estimate of drug-likeness (QED) is 0.573. The molecule has 0 aliphatic rings. The second kappa shape index (κ2) is 4.71. The zero-order chi connectivity index (χ0) is 14.2. The largest absolute Gasteiger partial charge is 0.399 e. The highest BCUT2D eigenvalue weighted by Gasteiger charge is 2.10. The van der Waals surface area contributed by atoms with E-state index in [-0.39, 0.29) is 0 Å². The van der Waals surface area contributed by atoms with E-state index in [0.29, 0.717) is 0 Å². The number of aromatic nitrogens is 3. The van der Waals surface area contributed by atoms with Gasteiger partial charge in [-0.05, 0) is 12.1 Å². The summed E-state index contributed by atoms with van der Waals surface area (Å²) in [7, 11) is 0. The van der Waals surface area contributed by atoms with Crippen LogP contribution < -0.4 is 5.73 Å². The molecule has 2 aromatic heterocycles. The molecular weight excluding hydrogens is 280 g/mol. The highest BCUT2D eigenvalue weighted by atomic mass is 32.1. The molecule has 0 amide bonds. The molecule has 0 spiro atoms. The van der Waals surface area contributed by atoms with Gasteiger partial charge >= 0.3 is 0 Å². The molecule has 2 aromatic carbocycles. The van der Waals surface area contributed by atoms with Gasteiger partial charge < -0.3 is 5.73 Å². The van der Waals surface area contributed by atoms with Crippen molar-refractivity contribution in [3.05, 3.63) is 60.8 Å². The van der Waals surface area contributed by atoms with Gasteiger partial charge in [-0.1, -0.05) is 53.8 Å². The van der Waals surface area contributed by atoms with Crippen LogP contribution in [0.4, 0.5) is 5.69 Å². The highest BCUT2D eigenvalue weighted by molar-refractivity contribution is 7.19. The van der Waals surface area contributed by atoms with Gasteiger partial charge in [0, 0.05) is 16.8 Å². The highest BCUT2D eigenvalue weighted by Crippen LogP contribution is 2.28. The van der Waals surface area contributed by atoms with Crippen molar-refractivity contribution in [2.45, 2.75) is 0 Å². The first-order valence-electron chi connectivity index (χ1n) is 6.57. The van der Waals surface area contributed by atoms with Crippen molar-refractivity contribution in [2.24, 2.45) is 0 Å². The lowest BCUT2D eigenvalue weighted by Gasteiger charge is -1.97. The zero-order valence-corrected chi connectivity index (χ0v) is 11.9. The Kier molecular flexibility index (Phi) is 2.72. The minimum Gasteiger partial charge on any atom is -0.399 e. The van der Waals surface area contributed by atoms with Crippen molar-refractivity contribution >= 4 is 22.0 Å². The van der Waals surface area contributed by atoms with E-state index in [4.69, 9.17) is 5.73 Å². The number of rotatable bonds is 2. The molecule has 0 aliphatic heterocycles. The number of nitrogens with zero attached hydrogens (tertiary/aromatic N) is 3. The fourth-order valence-corrected chi connectivity index (χ4v) is 3.12. The molecule has 2 heterocycles. The van der Waals surface area contributed by atoms with Gasteiger partial charge in [-0.15, -0.1) is 0 Å². The first kappa shape index (κ1) is 12.1. The van der Waals surface area contributed by atoms with Crippen LogP contribution in [-0.4, -0.2) is 14.6 Å². The molecule has 5 heteroatoms. The van der Waals surface area contributed by atoms with Gasteiger partial charge in [0.1, 0.15) is 5.01 Å². The van der Waals surface area contributed by atoms with Crippen molar-refractivity contribution in [3.63, 3.8) is 0 Å². The zero-order valence-electron chi connectivity index (χ0n) is 11.1. The van der Waals surface area contributed by atoms with E-state index in [2.05, 4.69) is 22.2 Å². The van der Waals surface area contributed by atoms with Crippen LogP contribution >= 0.6 is 11.3 Å². The van der Waals surface area contributed by atoms with Crippen LogP contribution in [-0.2, 0) is 0 Å². The van der Waals surface area contributed by atoms with Crippen LogP contribution in [0.25, 0.3) is 26.8 Å². The average molecular weight is 292 g/mol. The normalized spacial score (nSPS) is 11.0. The van der Waals surface area contributed by atoms with Gasteiger partial charge in [-0.3, -0.25) is 0 Å². The third kappa shape index (κ3) is 2.17. The molecule has 0 bridgehead atoms. The Labute approximate surface area is 125 Å². The molecule has 4 rings (SSSR count). The molecule has 4 aromatic rings. The summed E-state index contributed by atoms with van der Waals surface area (Å²) in [6, 6.07) is 17.9. The molecule has 21 heavy (non-hydrogen) atoms. The summed E-state index contributed by atoms with van der Waals surface area (Å²) in [4.78, 5) is 5.51. The molecule has 0 atom stereocenters. The molecule has 0 aliphatic carbocycles. The van der Waals surface area contributed by atoms with E-state index >= 15 is 0 Å². The third-order valence-electron chi connectivity index (χ3n) is 3.25. The second-order valence-electron chi connectivity index (χ2n) is 4.75. The van der Waals surface area contributed by atoms with Gasteiger partial charge in [0.15, 0.2) is 0 Å². The van der Waals surface area contributed by atoms with Crippen molar-refractivity contribution < 1.29 is 0 Å². The van der Waals surface area contributed by atoms with Crippen LogP contribution in [0.3, 0.4) is 0 Å². The van der Waals surface area contributed by atoms with Crippen LogP contribution in [0.5, 0.6) is 0 Å². The molecule has 0 unspecified atom stereocenters. The van der Waals surface area contributed by atoms with E-state index < -0.39 is 0 Å². The lowest BCUT2D eigenvalue weighted by atomic mass is 10.1. The summed E-state index contributed by atoms with van der Waals surface area (Å²) in [5, 5.41) is 5.56. The van der Waals surface area contributed by atoms with Gasteiger partial charge in [0.05, 0.1) is 11.9 Å². The monoisotopic (exact) mass is 292 g/mol. The third-order valence-corrected chi connectivity index (χ3v) is 4.22. The summed E-state index contributed by atoms with van der Waals surface area (Å²) >= 11 is 1.58. The number of hydrogen-bond donors (Lipinski definition) is 1. The number of anilines is 1. The molecule has 2 N–H and O–H groups in total. The second-order valence-corrected chi connectivity index (χ2v) is 5.71. The predicted molar refractivity (Wildman–Crippen MR) is 86.1 cm³/mol. The Morgan fingerprint density at radius 1 is 0.952 bits per heavy atom. The minimum atomic E-state index is 0.738. The van der Waals surface area contributed by atoms with Crippen LogP contribution in [0, 0.1) is 0 Å². The van der Waals surface area contributed by atoms with Crippen LogP contribution in [0.2, 0.25) is 0 Å². The predicted octanol–water partition coefficient (Wildman–Crippen LogP) is 3.71. The lowest BCUT2D eigenvalue weighted by Crippen LogP contribution is -1.85. The number of nitrogens with two attached hydrogens (primary N) is 1. The Morgan fingerprint density at radius 2 is 1.76 bits per heavy atom. The van der Waals surface area contributed by atoms with E-state index in [1.54, 1.807) is 11.3 Å². The molecule has 0 saturated heterocycles. The Morgan fingerprint density at radius 3 is 2.52 bits per heavy atom. The van der Waals surface area contributed by atoms with Crippen molar-refractivity contribution in [2.75, 3.05) is 5.73 Å². The number of fused-ring (bicyclic) bond motifs is 1. The summed E-state index contributed by atoms with van der Waals surface area (Å²) in [6.45, 7) is 0. The SMILES string of the molecule is Nc1cccc(-c2cn3nc(-c4ccccc4)sc3n2)c1. The molecule has 0 fully saturated rings. The average Bonchev–Trinajstić information content (AvgIpc) is 3.07. The number of imidazole rings is 1. The summed E-state index contributed by atoms with van der Waals surface area (Å²) in [6.07, 6.45) is 1.94. The maximum absolute atomic E-state index is 5.82. The topological polar surface area (TPSA) is 56.2 Å². The van der Waals surface area contributed by atoms with Crippen molar-refractivity contribution in [1.29, 1.82) is 0 Å². The van der Waals surface area contributed by atoms with Gasteiger partial charge in [0.2, 0.25) is 4.96 Å². The maximum Gasteiger partial charge on any atom is 0.213 e. The molecule has 0 radical (unpaired) electrons. The van der Waals surface area contributed by atoms with E-state index in [1.165, 1.54) is 0 Å². The van der Waals surface area contributed by atoms with E-state index in [0.717, 1.165) is 32.5 Å². The Hall–Kier alpha value is -2.66. The number of nitrogen functional groups attached to an aromatic ring is 1. The standard InChI is InChI=1S/C16H12N4S/c17-13-8-4-7-12(9-13)14-10-20-16(18-14)21-15(19-20)11-5-2-1-3-6-11/h1-10H,17H2. The van der Waals surface area contributed by atoms with Gasteiger partial charge in [-0.25, -0.2) is 9.50 Å². The summed E-state index contributed by atoms with van der Waals surface area (Å²) < 4.78 is 1.82. The van der Waals surface area contributed by atoms with Crippen LogP contribution in [0.15, 0.2) is 60.8 Å². The Balaban J connectivity index is 1.78. The maximum atomic E-state index is 5.82. The number of hydrogen-bond acceptors (Lipinski definition) is 4. The molecule has 0 saturated carbocycles. The summed E-state index contributed by atoms with van der Waals surface area (Å²) in [5.74, 6) is 0. The first-order valence-corrected chi connectivity index (χ1v) is 7.39. The fraction of sp³-hybridized carbons (Fsp3) is 0. The molecule has 102 valence electrons. The molecule has 4 nitrogen and oxygen atoms in total. The van der Waals surface area contributed by atoms with Crippen molar-refractivity contribution in [3.8, 4) is 21.8 Å².